The largest absolute Gasteiger partial charge is 0.497 e. The zero-order valence-electron chi connectivity index (χ0n) is 16.4. The summed E-state index contributed by atoms with van der Waals surface area (Å²) >= 11 is 0. The quantitative estimate of drug-likeness (QED) is 0.652. The van der Waals surface area contributed by atoms with Gasteiger partial charge in [-0.15, -0.1) is 0 Å². The van der Waals surface area contributed by atoms with Crippen molar-refractivity contribution in [1.29, 1.82) is 0 Å². The van der Waals surface area contributed by atoms with Gasteiger partial charge in [0.25, 0.3) is 5.91 Å². The van der Waals surface area contributed by atoms with Gasteiger partial charge < -0.3 is 14.2 Å². The summed E-state index contributed by atoms with van der Waals surface area (Å²) in [6.07, 6.45) is -0.825. The molecule has 158 valence electrons. The Hall–Kier alpha value is -3.07. The Bertz CT molecular complexity index is 1040. The van der Waals surface area contributed by atoms with Crippen LogP contribution in [0.2, 0.25) is 0 Å². The van der Waals surface area contributed by atoms with Crippen molar-refractivity contribution in [2.75, 3.05) is 39.8 Å². The predicted molar refractivity (Wildman–Crippen MR) is 106 cm³/mol. The van der Waals surface area contributed by atoms with Crippen molar-refractivity contribution >= 4 is 16.9 Å². The lowest BCUT2D eigenvalue weighted by Gasteiger charge is -2.35. The maximum atomic E-state index is 12.8. The number of ether oxygens (including phenoxy) is 1. The number of piperazine rings is 1. The third-order valence-corrected chi connectivity index (χ3v) is 5.19. The van der Waals surface area contributed by atoms with Gasteiger partial charge in [-0.1, -0.05) is 0 Å². The fourth-order valence-corrected chi connectivity index (χ4v) is 3.64. The Kier molecular flexibility index (Phi) is 5.38. The Morgan fingerprint density at radius 1 is 1.10 bits per heavy atom. The summed E-state index contributed by atoms with van der Waals surface area (Å²) in [6, 6.07) is 11.2. The highest BCUT2D eigenvalue weighted by Crippen LogP contribution is 2.23. The smallest absolute Gasteiger partial charge is 0.401 e. The first kappa shape index (κ1) is 20.2. The summed E-state index contributed by atoms with van der Waals surface area (Å²) in [4.78, 5) is 20.2. The second-order valence-electron chi connectivity index (χ2n) is 7.20. The van der Waals surface area contributed by atoms with Crippen molar-refractivity contribution in [3.05, 3.63) is 54.4 Å². The van der Waals surface area contributed by atoms with Gasteiger partial charge in [0.2, 0.25) is 0 Å². The molecule has 0 unspecified atom stereocenters. The summed E-state index contributed by atoms with van der Waals surface area (Å²) in [5.74, 6) is 0.541. The van der Waals surface area contributed by atoms with Gasteiger partial charge in [0.1, 0.15) is 11.4 Å². The van der Waals surface area contributed by atoms with Crippen LogP contribution in [0.3, 0.4) is 0 Å². The highest BCUT2D eigenvalue weighted by molar-refractivity contribution is 5.97. The lowest BCUT2D eigenvalue weighted by Crippen LogP contribution is -2.50. The second-order valence-corrected chi connectivity index (χ2v) is 7.20. The molecule has 9 heteroatoms. The molecule has 0 spiro atoms. The zero-order valence-corrected chi connectivity index (χ0v) is 16.4. The van der Waals surface area contributed by atoms with Gasteiger partial charge in [-0.25, -0.2) is 4.98 Å². The van der Waals surface area contributed by atoms with Crippen LogP contribution in [0.5, 0.6) is 5.75 Å². The van der Waals surface area contributed by atoms with Crippen molar-refractivity contribution in [1.82, 2.24) is 19.4 Å². The molecule has 1 fully saturated rings. The zero-order chi connectivity index (χ0) is 21.3. The van der Waals surface area contributed by atoms with E-state index >= 15 is 0 Å². The molecule has 1 aliphatic rings. The number of benzene rings is 1. The molecular weight excluding hydrogens is 397 g/mol. The van der Waals surface area contributed by atoms with E-state index in [0.717, 1.165) is 16.8 Å². The van der Waals surface area contributed by atoms with Crippen LogP contribution >= 0.6 is 0 Å². The van der Waals surface area contributed by atoms with E-state index in [0.29, 0.717) is 11.2 Å². The molecule has 3 heterocycles. The molecule has 0 N–H and O–H groups in total. The molecule has 0 aliphatic carbocycles. The summed E-state index contributed by atoms with van der Waals surface area (Å²) < 4.78 is 44.7. The van der Waals surface area contributed by atoms with Crippen molar-refractivity contribution in [3.8, 4) is 11.4 Å². The minimum Gasteiger partial charge on any atom is -0.497 e. The van der Waals surface area contributed by atoms with E-state index in [2.05, 4.69) is 4.98 Å². The third kappa shape index (κ3) is 4.25. The molecule has 4 rings (SSSR count). The molecule has 3 aromatic rings. The van der Waals surface area contributed by atoms with E-state index < -0.39 is 12.7 Å². The van der Waals surface area contributed by atoms with E-state index in [9.17, 15) is 18.0 Å². The Morgan fingerprint density at radius 2 is 1.80 bits per heavy atom. The average molecular weight is 418 g/mol. The van der Waals surface area contributed by atoms with Crippen molar-refractivity contribution in [3.63, 3.8) is 0 Å². The SMILES string of the molecule is COc1ccc(-n2ccc3cc(C(=O)N4CCN(CC(F)(F)F)CC4)cnc32)cc1. The molecule has 0 atom stereocenters. The molecule has 0 bridgehead atoms. The number of aromatic nitrogens is 2. The van der Waals surface area contributed by atoms with E-state index in [1.54, 1.807) is 18.1 Å². The maximum Gasteiger partial charge on any atom is 0.401 e. The molecular formula is C21H21F3N4O2. The number of pyridine rings is 1. The molecule has 0 saturated carbocycles. The first-order valence-electron chi connectivity index (χ1n) is 9.54. The number of amides is 1. The molecule has 30 heavy (non-hydrogen) atoms. The van der Waals surface area contributed by atoms with Crippen LogP contribution in [0, 0.1) is 0 Å². The summed E-state index contributed by atoms with van der Waals surface area (Å²) in [5.41, 5.74) is 2.06. The summed E-state index contributed by atoms with van der Waals surface area (Å²) in [6.45, 7) is -0.00934. The number of nitrogens with zero attached hydrogens (tertiary/aromatic N) is 4. The van der Waals surface area contributed by atoms with Crippen LogP contribution in [-0.2, 0) is 0 Å². The number of hydrogen-bond donors (Lipinski definition) is 0. The lowest BCUT2D eigenvalue weighted by atomic mass is 10.2. The van der Waals surface area contributed by atoms with Crippen LogP contribution in [0.4, 0.5) is 13.2 Å². The fourth-order valence-electron chi connectivity index (χ4n) is 3.64. The molecule has 1 aliphatic heterocycles. The maximum absolute atomic E-state index is 12.8. The molecule has 0 radical (unpaired) electrons. The van der Waals surface area contributed by atoms with E-state index in [1.165, 1.54) is 11.1 Å². The number of fused-ring (bicyclic) bond motifs is 1. The number of hydrogen-bond acceptors (Lipinski definition) is 4. The molecule has 2 aromatic heterocycles. The minimum absolute atomic E-state index is 0.203. The number of alkyl halides is 3. The van der Waals surface area contributed by atoms with Gasteiger partial charge in [-0.2, -0.15) is 13.2 Å². The van der Waals surface area contributed by atoms with Gasteiger partial charge in [0.15, 0.2) is 0 Å². The van der Waals surface area contributed by atoms with Crippen LogP contribution in [-0.4, -0.2) is 71.3 Å². The Balaban J connectivity index is 1.48. The van der Waals surface area contributed by atoms with Gasteiger partial charge in [0, 0.05) is 49.6 Å². The lowest BCUT2D eigenvalue weighted by molar-refractivity contribution is -0.148. The number of carbonyl (C=O) groups is 1. The number of halogens is 3. The van der Waals surface area contributed by atoms with Crippen molar-refractivity contribution in [2.24, 2.45) is 0 Å². The molecule has 6 nitrogen and oxygen atoms in total. The number of rotatable bonds is 4. The van der Waals surface area contributed by atoms with Gasteiger partial charge in [-0.05, 0) is 36.4 Å². The fraction of sp³-hybridized carbons (Fsp3) is 0.333. The number of methoxy groups -OCH3 is 1. The van der Waals surface area contributed by atoms with E-state index in [1.807, 2.05) is 41.1 Å². The molecule has 1 amide bonds. The van der Waals surface area contributed by atoms with Crippen LogP contribution in [0.1, 0.15) is 10.4 Å². The number of carbonyl (C=O) groups excluding carboxylic acids is 1. The van der Waals surface area contributed by atoms with Crippen LogP contribution in [0.15, 0.2) is 48.8 Å². The highest BCUT2D eigenvalue weighted by atomic mass is 19.4. The first-order chi connectivity index (χ1) is 14.3. The van der Waals surface area contributed by atoms with Crippen LogP contribution in [0.25, 0.3) is 16.7 Å². The Labute approximate surface area is 171 Å². The van der Waals surface area contributed by atoms with E-state index in [-0.39, 0.29) is 32.1 Å². The van der Waals surface area contributed by atoms with Crippen LogP contribution < -0.4 is 4.74 Å². The van der Waals surface area contributed by atoms with Crippen molar-refractivity contribution < 1.29 is 22.7 Å². The predicted octanol–water partition coefficient (Wildman–Crippen LogP) is 3.35. The normalized spacial score (nSPS) is 15.5. The topological polar surface area (TPSA) is 50.6 Å². The van der Waals surface area contributed by atoms with Crippen molar-refractivity contribution in [2.45, 2.75) is 6.18 Å². The summed E-state index contributed by atoms with van der Waals surface area (Å²) in [5, 5.41) is 0.812. The van der Waals surface area contributed by atoms with Gasteiger partial charge in [-0.3, -0.25) is 9.69 Å². The highest BCUT2D eigenvalue weighted by Gasteiger charge is 2.33. The van der Waals surface area contributed by atoms with Gasteiger partial charge >= 0.3 is 6.18 Å². The Morgan fingerprint density at radius 3 is 2.43 bits per heavy atom. The third-order valence-electron chi connectivity index (χ3n) is 5.19. The van der Waals surface area contributed by atoms with E-state index in [4.69, 9.17) is 4.74 Å². The summed E-state index contributed by atoms with van der Waals surface area (Å²) in [7, 11) is 1.61. The second kappa shape index (κ2) is 7.98. The molecule has 1 saturated heterocycles. The minimum atomic E-state index is -4.22. The standard InChI is InChI=1S/C21H21F3N4O2/c1-30-18-4-2-17(3-5-18)28-7-6-15-12-16(13-25-19(15)28)20(29)27-10-8-26(9-11-27)14-21(22,23)24/h2-7,12-13H,8-11,14H2,1H3. The average Bonchev–Trinajstić information content (AvgIpc) is 3.16. The monoisotopic (exact) mass is 418 g/mol. The first-order valence-corrected chi connectivity index (χ1v) is 9.54. The molecule has 1 aromatic carbocycles. The van der Waals surface area contributed by atoms with Gasteiger partial charge in [0.05, 0.1) is 19.2 Å².